The predicted molar refractivity (Wildman–Crippen MR) is 203 cm³/mol. The molecule has 1 amide bonds. The van der Waals surface area contributed by atoms with Crippen LogP contribution < -0.4 is 14.8 Å². The molecule has 2 fully saturated rings. The van der Waals surface area contributed by atoms with Crippen molar-refractivity contribution in [3.8, 4) is 11.5 Å². The smallest absolute Gasteiger partial charge is 0.352 e. The molecular formula is C41H53N5O6. The molecule has 3 aromatic heterocycles. The highest BCUT2D eigenvalue weighted by Gasteiger charge is 2.26. The standard InChI is InChI=1S/C27H42N4O2.C14H11NO4/c1-20(2)19-33-26-10-8-9-24-23(26)17-25(29-24)27(32)28-22-11-15-31(16-12-22)21(3)18-30-13-6-4-5-7-14-30;16-14(17)12-6-10-11(15-12)2-1-3-13(10)19-8-9-4-5-18-7-9/h8-10,17,20-22,29H,4-7,11-16,18-19H2,1-3H3,(H,28,32);1-7,15H,8H2,(H,16,17)/t21-;/m1./s1. The van der Waals surface area contributed by atoms with E-state index >= 15 is 0 Å². The zero-order valence-corrected chi connectivity index (χ0v) is 30.7. The van der Waals surface area contributed by atoms with E-state index in [9.17, 15) is 9.59 Å². The summed E-state index contributed by atoms with van der Waals surface area (Å²) in [4.78, 5) is 35.3. The van der Waals surface area contributed by atoms with Crippen molar-refractivity contribution >= 4 is 33.7 Å². The topological polar surface area (TPSA) is 136 Å². The van der Waals surface area contributed by atoms with Gasteiger partial charge in [-0.05, 0) is 94.1 Å². The molecule has 0 saturated carbocycles. The fourth-order valence-electron chi connectivity index (χ4n) is 7.09. The molecule has 5 heterocycles. The van der Waals surface area contributed by atoms with Gasteiger partial charge in [-0.2, -0.15) is 0 Å². The zero-order valence-electron chi connectivity index (χ0n) is 30.7. The number of carbonyl (C=O) groups is 2. The van der Waals surface area contributed by atoms with E-state index < -0.39 is 5.97 Å². The first kappa shape index (κ1) is 37.0. The van der Waals surface area contributed by atoms with Crippen molar-refractivity contribution in [2.75, 3.05) is 39.3 Å². The number of ether oxygens (including phenoxy) is 2. The zero-order chi connectivity index (χ0) is 36.5. The summed E-state index contributed by atoms with van der Waals surface area (Å²) in [6.45, 7) is 13.5. The van der Waals surface area contributed by atoms with Gasteiger partial charge in [0.25, 0.3) is 5.91 Å². The lowest BCUT2D eigenvalue weighted by atomic mass is 10.0. The number of aromatic nitrogens is 2. The number of rotatable bonds is 12. The second kappa shape index (κ2) is 17.7. The van der Waals surface area contributed by atoms with E-state index in [1.807, 2.05) is 48.5 Å². The van der Waals surface area contributed by atoms with Crippen molar-refractivity contribution in [1.82, 2.24) is 25.1 Å². The van der Waals surface area contributed by atoms with E-state index in [1.165, 1.54) is 45.3 Å². The van der Waals surface area contributed by atoms with Crippen LogP contribution in [-0.2, 0) is 6.61 Å². The van der Waals surface area contributed by atoms with E-state index in [4.69, 9.17) is 19.0 Å². The van der Waals surface area contributed by atoms with Gasteiger partial charge in [-0.1, -0.05) is 38.8 Å². The van der Waals surface area contributed by atoms with Crippen LogP contribution in [0.2, 0.25) is 0 Å². The third kappa shape index (κ3) is 9.77. The molecule has 0 radical (unpaired) electrons. The number of nitrogens with one attached hydrogen (secondary N) is 3. The molecule has 5 aromatic rings. The molecule has 2 aliphatic rings. The Morgan fingerprint density at radius 2 is 1.50 bits per heavy atom. The number of aromatic amines is 2. The molecule has 278 valence electrons. The lowest BCUT2D eigenvalue weighted by Gasteiger charge is -2.38. The van der Waals surface area contributed by atoms with Gasteiger partial charge in [-0.15, -0.1) is 0 Å². The van der Waals surface area contributed by atoms with E-state index in [0.717, 1.165) is 59.0 Å². The molecule has 52 heavy (non-hydrogen) atoms. The van der Waals surface area contributed by atoms with Gasteiger partial charge in [-0.3, -0.25) is 9.69 Å². The molecule has 1 atom stereocenters. The minimum Gasteiger partial charge on any atom is -0.493 e. The summed E-state index contributed by atoms with van der Waals surface area (Å²) < 4.78 is 16.6. The first-order valence-electron chi connectivity index (χ1n) is 18.7. The Bertz CT molecular complexity index is 1880. The molecule has 2 aliphatic heterocycles. The third-order valence-corrected chi connectivity index (χ3v) is 9.98. The van der Waals surface area contributed by atoms with Crippen molar-refractivity contribution in [1.29, 1.82) is 0 Å². The minimum absolute atomic E-state index is 0.0166. The van der Waals surface area contributed by atoms with Gasteiger partial charge < -0.3 is 39.2 Å². The molecule has 11 nitrogen and oxygen atoms in total. The summed E-state index contributed by atoms with van der Waals surface area (Å²) in [7, 11) is 0. The maximum Gasteiger partial charge on any atom is 0.352 e. The van der Waals surface area contributed by atoms with Gasteiger partial charge in [0.15, 0.2) is 0 Å². The highest BCUT2D eigenvalue weighted by molar-refractivity contribution is 6.00. The van der Waals surface area contributed by atoms with Crippen LogP contribution in [0.15, 0.2) is 71.5 Å². The SMILES string of the molecule is CC(C)COc1cccc2[nH]c(C(=O)NC3CCN([C@H](C)CN4CCCCCC4)CC3)cc12.O=C(O)c1cc2c(OCc3ccoc3)cccc2[nH]1. The Morgan fingerprint density at radius 3 is 2.12 bits per heavy atom. The molecule has 7 rings (SSSR count). The molecule has 4 N–H and O–H groups in total. The quantitative estimate of drug-likeness (QED) is 0.103. The number of nitrogens with zero attached hydrogens (tertiary/aromatic N) is 2. The highest BCUT2D eigenvalue weighted by atomic mass is 16.5. The number of fused-ring (bicyclic) bond motifs is 2. The van der Waals surface area contributed by atoms with Crippen LogP contribution in [-0.4, -0.2) is 88.2 Å². The van der Waals surface area contributed by atoms with Crippen LogP contribution in [0.3, 0.4) is 0 Å². The second-order valence-electron chi connectivity index (χ2n) is 14.6. The van der Waals surface area contributed by atoms with Gasteiger partial charge in [0.05, 0.1) is 19.1 Å². The molecule has 0 aliphatic carbocycles. The van der Waals surface area contributed by atoms with Crippen LogP contribution in [0.4, 0.5) is 0 Å². The lowest BCUT2D eigenvalue weighted by Crippen LogP contribution is -2.50. The van der Waals surface area contributed by atoms with Gasteiger partial charge in [0.1, 0.15) is 29.5 Å². The Morgan fingerprint density at radius 1 is 0.865 bits per heavy atom. The Hall–Kier alpha value is -4.74. The van der Waals surface area contributed by atoms with Gasteiger partial charge in [0, 0.05) is 59.1 Å². The van der Waals surface area contributed by atoms with Crippen LogP contribution in [0.25, 0.3) is 21.8 Å². The first-order chi connectivity index (χ1) is 25.2. The lowest BCUT2D eigenvalue weighted by molar-refractivity contribution is 0.0691. The summed E-state index contributed by atoms with van der Waals surface area (Å²) in [5.41, 5.74) is 3.36. The number of carbonyl (C=O) groups excluding carboxylic acids is 1. The number of H-pyrrole nitrogens is 2. The van der Waals surface area contributed by atoms with Crippen LogP contribution in [0.5, 0.6) is 11.5 Å². The normalized spacial score (nSPS) is 16.7. The number of carboxylic acid groups (broad SMARTS) is 1. The molecule has 0 unspecified atom stereocenters. The molecule has 0 bridgehead atoms. The van der Waals surface area contributed by atoms with Gasteiger partial charge >= 0.3 is 5.97 Å². The van der Waals surface area contributed by atoms with Crippen molar-refractivity contribution in [3.05, 3.63) is 84.1 Å². The highest BCUT2D eigenvalue weighted by Crippen LogP contribution is 2.28. The largest absolute Gasteiger partial charge is 0.493 e. The van der Waals surface area contributed by atoms with Crippen molar-refractivity contribution in [2.24, 2.45) is 5.92 Å². The Labute approximate surface area is 305 Å². The van der Waals surface area contributed by atoms with E-state index in [1.54, 1.807) is 18.6 Å². The second-order valence-corrected chi connectivity index (χ2v) is 14.6. The average Bonchev–Trinajstić information content (AvgIpc) is 3.89. The molecule has 11 heteroatoms. The summed E-state index contributed by atoms with van der Waals surface area (Å²) in [5, 5.41) is 14.0. The number of piperidine rings is 1. The minimum atomic E-state index is -0.989. The number of carboxylic acids is 1. The molecule has 2 aromatic carbocycles. The van der Waals surface area contributed by atoms with Crippen molar-refractivity contribution in [2.45, 2.75) is 78.0 Å². The first-order valence-corrected chi connectivity index (χ1v) is 18.7. The van der Waals surface area contributed by atoms with Crippen LogP contribution in [0.1, 0.15) is 85.8 Å². The van der Waals surface area contributed by atoms with Crippen molar-refractivity contribution in [3.63, 3.8) is 0 Å². The maximum absolute atomic E-state index is 13.0. The van der Waals surface area contributed by atoms with E-state index in [2.05, 4.69) is 45.9 Å². The fraction of sp³-hybridized carbons (Fsp3) is 0.463. The molecule has 2 saturated heterocycles. The number of aromatic carboxylic acids is 1. The van der Waals surface area contributed by atoms with Crippen LogP contribution in [0, 0.1) is 5.92 Å². The van der Waals surface area contributed by atoms with E-state index in [-0.39, 0.29) is 17.6 Å². The van der Waals surface area contributed by atoms with E-state index in [0.29, 0.717) is 36.6 Å². The number of hydrogen-bond donors (Lipinski definition) is 4. The Kier molecular flexibility index (Phi) is 12.6. The fourth-order valence-corrected chi connectivity index (χ4v) is 7.09. The predicted octanol–water partition coefficient (Wildman–Crippen LogP) is 7.70. The molecular weight excluding hydrogens is 658 g/mol. The molecule has 0 spiro atoms. The summed E-state index contributed by atoms with van der Waals surface area (Å²) >= 11 is 0. The third-order valence-electron chi connectivity index (χ3n) is 9.98. The van der Waals surface area contributed by atoms with Crippen molar-refractivity contribution < 1.29 is 28.6 Å². The summed E-state index contributed by atoms with van der Waals surface area (Å²) in [5.74, 6) is 0.930. The number of furan rings is 1. The average molecular weight is 712 g/mol. The van der Waals surface area contributed by atoms with Gasteiger partial charge in [-0.25, -0.2) is 4.79 Å². The number of likely N-dealkylation sites (tertiary alicyclic amines) is 2. The Balaban J connectivity index is 0.000000206. The summed E-state index contributed by atoms with van der Waals surface area (Å²) in [6, 6.07) is 17.5. The number of benzene rings is 2. The maximum atomic E-state index is 13.0. The number of hydrogen-bond acceptors (Lipinski definition) is 7. The van der Waals surface area contributed by atoms with Gasteiger partial charge in [0.2, 0.25) is 0 Å². The summed E-state index contributed by atoms with van der Waals surface area (Å²) in [6.07, 6.45) is 10.7. The van der Waals surface area contributed by atoms with Crippen LogP contribution >= 0.6 is 0 Å². The number of amides is 1. The monoisotopic (exact) mass is 711 g/mol.